The number of ether oxygens (including phenoxy) is 1. The normalized spacial score (nSPS) is 17.3. The molecule has 1 aromatic carbocycles. The summed E-state index contributed by atoms with van der Waals surface area (Å²) in [6.07, 6.45) is 0.739. The third-order valence-corrected chi connectivity index (χ3v) is 4.41. The number of nitrogens with one attached hydrogen (secondary N) is 1. The number of hydrogen-bond acceptors (Lipinski definition) is 5. The molecule has 134 valence electrons. The molecule has 1 fully saturated rings. The van der Waals surface area contributed by atoms with Crippen LogP contribution >= 0.6 is 0 Å². The molecule has 1 N–H and O–H groups in total. The lowest BCUT2D eigenvalue weighted by Crippen LogP contribution is -2.54. The number of nitrogens with zero attached hydrogens (tertiary/aromatic N) is 2. The Morgan fingerprint density at radius 1 is 1.44 bits per heavy atom. The highest BCUT2D eigenvalue weighted by Crippen LogP contribution is 2.29. The van der Waals surface area contributed by atoms with E-state index in [0.717, 1.165) is 18.7 Å². The third-order valence-electron chi connectivity index (χ3n) is 4.41. The minimum atomic E-state index is -0.332. The van der Waals surface area contributed by atoms with E-state index < -0.39 is 0 Å². The largest absolute Gasteiger partial charge is 0.384 e. The molecule has 3 rings (SSSR count). The second-order valence-corrected chi connectivity index (χ2v) is 6.86. The maximum atomic E-state index is 13.0. The lowest BCUT2D eigenvalue weighted by molar-refractivity contribution is -0.118. The minimum absolute atomic E-state index is 0.153. The molecule has 1 aliphatic rings. The molecule has 2 heterocycles. The average molecular weight is 347 g/mol. The SMILES string of the molecule is COCC(C)(C)c1cc(NC(=O)[C@@H]2CCN2c2ccc(F)cc2)no1. The van der Waals surface area contributed by atoms with Gasteiger partial charge in [-0.3, -0.25) is 4.79 Å². The summed E-state index contributed by atoms with van der Waals surface area (Å²) in [5.74, 6) is 0.586. The van der Waals surface area contributed by atoms with Crippen LogP contribution in [-0.4, -0.2) is 37.4 Å². The Kier molecular flexibility index (Phi) is 4.76. The summed E-state index contributed by atoms with van der Waals surface area (Å²) >= 11 is 0. The second kappa shape index (κ2) is 6.84. The first-order valence-electron chi connectivity index (χ1n) is 8.20. The molecule has 2 aromatic rings. The summed E-state index contributed by atoms with van der Waals surface area (Å²) in [6.45, 7) is 5.20. The molecule has 0 bridgehead atoms. The zero-order valence-corrected chi connectivity index (χ0v) is 14.6. The van der Waals surface area contributed by atoms with Gasteiger partial charge in [-0.15, -0.1) is 0 Å². The standard InChI is InChI=1S/C18H22FN3O3/c1-18(2,11-24-3)15-10-16(21-25-15)20-17(23)14-8-9-22(14)13-6-4-12(19)5-7-13/h4-7,10,14H,8-9,11H2,1-3H3,(H,20,21,23)/t14-/m0/s1. The fourth-order valence-electron chi connectivity index (χ4n) is 2.90. The van der Waals surface area contributed by atoms with Gasteiger partial charge >= 0.3 is 0 Å². The van der Waals surface area contributed by atoms with Crippen molar-refractivity contribution in [2.75, 3.05) is 30.5 Å². The van der Waals surface area contributed by atoms with E-state index in [2.05, 4.69) is 10.5 Å². The molecule has 0 spiro atoms. The van der Waals surface area contributed by atoms with Gasteiger partial charge in [0.1, 0.15) is 17.6 Å². The zero-order chi connectivity index (χ0) is 18.0. The summed E-state index contributed by atoms with van der Waals surface area (Å²) < 4.78 is 23.6. The Balaban J connectivity index is 1.65. The quantitative estimate of drug-likeness (QED) is 0.870. The topological polar surface area (TPSA) is 67.6 Å². The molecule has 1 aromatic heterocycles. The number of methoxy groups -OCH3 is 1. The summed E-state index contributed by atoms with van der Waals surface area (Å²) in [6, 6.07) is 7.57. The van der Waals surface area contributed by atoms with Crippen LogP contribution in [0.5, 0.6) is 0 Å². The maximum Gasteiger partial charge on any atom is 0.248 e. The van der Waals surface area contributed by atoms with Gasteiger partial charge in [0.25, 0.3) is 0 Å². The molecule has 1 aliphatic heterocycles. The first-order chi connectivity index (χ1) is 11.9. The lowest BCUT2D eigenvalue weighted by Gasteiger charge is -2.41. The van der Waals surface area contributed by atoms with Crippen LogP contribution in [0.3, 0.4) is 0 Å². The van der Waals surface area contributed by atoms with E-state index in [1.807, 2.05) is 18.7 Å². The van der Waals surface area contributed by atoms with E-state index in [1.165, 1.54) is 12.1 Å². The van der Waals surface area contributed by atoms with Gasteiger partial charge in [-0.1, -0.05) is 19.0 Å². The van der Waals surface area contributed by atoms with Crippen LogP contribution in [0.15, 0.2) is 34.9 Å². The molecular weight excluding hydrogens is 325 g/mol. The number of aromatic nitrogens is 1. The van der Waals surface area contributed by atoms with Crippen molar-refractivity contribution in [1.82, 2.24) is 5.16 Å². The van der Waals surface area contributed by atoms with Crippen molar-refractivity contribution < 1.29 is 18.4 Å². The predicted molar refractivity (Wildman–Crippen MR) is 92.2 cm³/mol. The van der Waals surface area contributed by atoms with Crippen LogP contribution in [0.4, 0.5) is 15.9 Å². The van der Waals surface area contributed by atoms with Gasteiger partial charge in [0.2, 0.25) is 5.91 Å². The summed E-state index contributed by atoms with van der Waals surface area (Å²) in [5.41, 5.74) is 0.497. The number of rotatable bonds is 6. The fourth-order valence-corrected chi connectivity index (χ4v) is 2.90. The number of halogens is 1. The number of carbonyl (C=O) groups excluding carboxylic acids is 1. The van der Waals surface area contributed by atoms with Crippen LogP contribution in [0.25, 0.3) is 0 Å². The molecule has 1 saturated heterocycles. The first kappa shape index (κ1) is 17.4. The number of carbonyl (C=O) groups is 1. The van der Waals surface area contributed by atoms with Crippen LogP contribution in [-0.2, 0) is 14.9 Å². The smallest absolute Gasteiger partial charge is 0.248 e. The zero-order valence-electron chi connectivity index (χ0n) is 14.6. The van der Waals surface area contributed by atoms with Gasteiger partial charge in [0.05, 0.1) is 6.61 Å². The molecule has 0 radical (unpaired) electrons. The van der Waals surface area contributed by atoms with E-state index in [-0.39, 0.29) is 23.2 Å². The Labute approximate surface area is 145 Å². The number of amides is 1. The van der Waals surface area contributed by atoms with Gasteiger partial charge in [-0.25, -0.2) is 4.39 Å². The molecule has 6 nitrogen and oxygen atoms in total. The van der Waals surface area contributed by atoms with E-state index >= 15 is 0 Å². The van der Waals surface area contributed by atoms with Crippen molar-refractivity contribution in [3.63, 3.8) is 0 Å². The molecular formula is C18H22FN3O3. The first-order valence-corrected chi connectivity index (χ1v) is 8.20. The Bertz CT molecular complexity index is 742. The monoisotopic (exact) mass is 347 g/mol. The van der Waals surface area contributed by atoms with Gasteiger partial charge < -0.3 is 19.5 Å². The maximum absolute atomic E-state index is 13.0. The molecule has 1 amide bonds. The van der Waals surface area contributed by atoms with Gasteiger partial charge in [-0.2, -0.15) is 0 Å². The van der Waals surface area contributed by atoms with Gasteiger partial charge in [0.15, 0.2) is 5.82 Å². The molecule has 0 saturated carbocycles. The third kappa shape index (κ3) is 3.66. The molecule has 1 atom stereocenters. The summed E-state index contributed by atoms with van der Waals surface area (Å²) in [4.78, 5) is 14.4. The van der Waals surface area contributed by atoms with E-state index in [9.17, 15) is 9.18 Å². The van der Waals surface area contributed by atoms with Crippen LogP contribution in [0.2, 0.25) is 0 Å². The van der Waals surface area contributed by atoms with Crippen LogP contribution in [0, 0.1) is 5.82 Å². The highest BCUT2D eigenvalue weighted by atomic mass is 19.1. The van der Waals surface area contributed by atoms with E-state index in [4.69, 9.17) is 9.26 Å². The van der Waals surface area contributed by atoms with E-state index in [1.54, 1.807) is 25.3 Å². The number of hydrogen-bond donors (Lipinski definition) is 1. The fraction of sp³-hybridized carbons (Fsp3) is 0.444. The minimum Gasteiger partial charge on any atom is -0.384 e. The number of anilines is 2. The van der Waals surface area contributed by atoms with Crippen molar-refractivity contribution in [3.05, 3.63) is 41.9 Å². The Hall–Kier alpha value is -2.41. The predicted octanol–water partition coefficient (Wildman–Crippen LogP) is 2.96. The Morgan fingerprint density at radius 3 is 2.76 bits per heavy atom. The van der Waals surface area contributed by atoms with Gasteiger partial charge in [0, 0.05) is 30.8 Å². The molecule has 0 aliphatic carbocycles. The molecule has 7 heteroatoms. The molecule has 0 unspecified atom stereocenters. The highest BCUT2D eigenvalue weighted by Gasteiger charge is 2.35. The van der Waals surface area contributed by atoms with Crippen LogP contribution in [0.1, 0.15) is 26.0 Å². The van der Waals surface area contributed by atoms with Crippen molar-refractivity contribution in [1.29, 1.82) is 0 Å². The van der Waals surface area contributed by atoms with Crippen molar-refractivity contribution in [2.24, 2.45) is 0 Å². The average Bonchev–Trinajstić information content (AvgIpc) is 2.97. The second-order valence-electron chi connectivity index (χ2n) is 6.86. The summed E-state index contributed by atoms with van der Waals surface area (Å²) in [5, 5.41) is 6.71. The highest BCUT2D eigenvalue weighted by molar-refractivity contribution is 5.97. The van der Waals surface area contributed by atoms with Gasteiger partial charge in [-0.05, 0) is 30.7 Å². The van der Waals surface area contributed by atoms with Crippen LogP contribution < -0.4 is 10.2 Å². The van der Waals surface area contributed by atoms with Crippen molar-refractivity contribution >= 4 is 17.4 Å². The van der Waals surface area contributed by atoms with E-state index in [0.29, 0.717) is 18.2 Å². The Morgan fingerprint density at radius 2 is 2.16 bits per heavy atom. The lowest BCUT2D eigenvalue weighted by atomic mass is 9.91. The van der Waals surface area contributed by atoms with Crippen molar-refractivity contribution in [2.45, 2.75) is 31.7 Å². The van der Waals surface area contributed by atoms with Crippen molar-refractivity contribution in [3.8, 4) is 0 Å². The number of benzene rings is 1. The summed E-state index contributed by atoms with van der Waals surface area (Å²) in [7, 11) is 1.63. The molecule has 25 heavy (non-hydrogen) atoms.